The fourth-order valence-electron chi connectivity index (χ4n) is 2.19. The van der Waals surface area contributed by atoms with Gasteiger partial charge in [0.1, 0.15) is 18.4 Å². The van der Waals surface area contributed by atoms with Gasteiger partial charge in [-0.2, -0.15) is 26.3 Å². The molecule has 2 rings (SSSR count). The molecule has 0 radical (unpaired) electrons. The van der Waals surface area contributed by atoms with Crippen LogP contribution in [0.2, 0.25) is 0 Å². The zero-order chi connectivity index (χ0) is 22.5. The van der Waals surface area contributed by atoms with Crippen LogP contribution in [0.15, 0.2) is 48.5 Å². The number of carbonyl (C=O) groups is 2. The van der Waals surface area contributed by atoms with E-state index in [0.717, 1.165) is 6.92 Å². The molecule has 0 aromatic heterocycles. The van der Waals surface area contributed by atoms with E-state index in [9.17, 15) is 35.9 Å². The number of benzene rings is 2. The summed E-state index contributed by atoms with van der Waals surface area (Å²) in [4.78, 5) is 23.7. The van der Waals surface area contributed by atoms with Crippen molar-refractivity contribution in [2.24, 2.45) is 0 Å². The SMILES string of the molecule is C[C@@H](NC(=O)OCc1ccccc1)C(=O)Oc1cc(C(F)(F)F)cc(C(F)(F)F)c1. The highest BCUT2D eigenvalue weighted by Gasteiger charge is 2.37. The molecule has 1 N–H and O–H groups in total. The number of rotatable bonds is 5. The summed E-state index contributed by atoms with van der Waals surface area (Å²) < 4.78 is 86.6. The highest BCUT2D eigenvalue weighted by Crippen LogP contribution is 2.38. The molecule has 1 amide bonds. The molecule has 0 unspecified atom stereocenters. The van der Waals surface area contributed by atoms with E-state index in [4.69, 9.17) is 4.74 Å². The number of hydrogen-bond donors (Lipinski definition) is 1. The van der Waals surface area contributed by atoms with E-state index in [0.29, 0.717) is 5.56 Å². The minimum atomic E-state index is -5.09. The molecule has 0 saturated heterocycles. The first-order valence-electron chi connectivity index (χ1n) is 8.34. The summed E-state index contributed by atoms with van der Waals surface area (Å²) in [5.74, 6) is -2.24. The molecule has 2 aromatic rings. The van der Waals surface area contributed by atoms with E-state index in [2.05, 4.69) is 10.1 Å². The summed E-state index contributed by atoms with van der Waals surface area (Å²) in [7, 11) is 0. The molecule has 30 heavy (non-hydrogen) atoms. The van der Waals surface area contributed by atoms with Crippen LogP contribution in [0.25, 0.3) is 0 Å². The fourth-order valence-corrected chi connectivity index (χ4v) is 2.19. The predicted molar refractivity (Wildman–Crippen MR) is 91.3 cm³/mol. The molecule has 0 saturated carbocycles. The average Bonchev–Trinajstić information content (AvgIpc) is 2.65. The second-order valence-electron chi connectivity index (χ2n) is 6.09. The lowest BCUT2D eigenvalue weighted by Crippen LogP contribution is -2.41. The van der Waals surface area contributed by atoms with Crippen LogP contribution in [0.4, 0.5) is 31.1 Å². The lowest BCUT2D eigenvalue weighted by atomic mass is 10.1. The Labute approximate surface area is 166 Å². The summed E-state index contributed by atoms with van der Waals surface area (Å²) in [6.07, 6.45) is -11.2. The zero-order valence-electron chi connectivity index (χ0n) is 15.3. The Kier molecular flexibility index (Phi) is 6.96. The van der Waals surface area contributed by atoms with Crippen molar-refractivity contribution in [1.29, 1.82) is 0 Å². The first kappa shape index (κ1) is 23.0. The fraction of sp³-hybridized carbons (Fsp3) is 0.263. The molecule has 0 aliphatic carbocycles. The second kappa shape index (κ2) is 9.06. The van der Waals surface area contributed by atoms with Crippen molar-refractivity contribution < 1.29 is 45.4 Å². The Balaban J connectivity index is 2.04. The van der Waals surface area contributed by atoms with Gasteiger partial charge in [0.15, 0.2) is 0 Å². The monoisotopic (exact) mass is 435 g/mol. The van der Waals surface area contributed by atoms with Crippen molar-refractivity contribution in [3.05, 3.63) is 65.2 Å². The van der Waals surface area contributed by atoms with E-state index in [1.165, 1.54) is 0 Å². The van der Waals surface area contributed by atoms with E-state index in [1.54, 1.807) is 30.3 Å². The van der Waals surface area contributed by atoms with Crippen molar-refractivity contribution in [3.63, 3.8) is 0 Å². The van der Waals surface area contributed by atoms with Gasteiger partial charge in [0, 0.05) is 0 Å². The Hall–Kier alpha value is -3.24. The van der Waals surface area contributed by atoms with Gasteiger partial charge in [0.25, 0.3) is 0 Å². The first-order chi connectivity index (χ1) is 13.9. The maximum atomic E-state index is 12.8. The lowest BCUT2D eigenvalue weighted by molar-refractivity contribution is -0.144. The van der Waals surface area contributed by atoms with Gasteiger partial charge < -0.3 is 14.8 Å². The number of nitrogens with one attached hydrogen (secondary N) is 1. The summed E-state index contributed by atoms with van der Waals surface area (Å²) in [6, 6.07) is 7.54. The Morgan fingerprint density at radius 2 is 1.47 bits per heavy atom. The van der Waals surface area contributed by atoms with Crippen molar-refractivity contribution in [1.82, 2.24) is 5.32 Å². The van der Waals surface area contributed by atoms with Gasteiger partial charge in [-0.3, -0.25) is 0 Å². The van der Waals surface area contributed by atoms with Crippen molar-refractivity contribution in [2.75, 3.05) is 0 Å². The molecular weight excluding hydrogens is 420 g/mol. The molecule has 5 nitrogen and oxygen atoms in total. The molecule has 0 bridgehead atoms. The number of alkyl carbamates (subject to hydrolysis) is 1. The van der Waals surface area contributed by atoms with Crippen LogP contribution >= 0.6 is 0 Å². The van der Waals surface area contributed by atoms with Gasteiger partial charge in [-0.1, -0.05) is 30.3 Å². The largest absolute Gasteiger partial charge is 0.445 e. The van der Waals surface area contributed by atoms with Crippen LogP contribution < -0.4 is 10.1 Å². The number of ether oxygens (including phenoxy) is 2. The lowest BCUT2D eigenvalue weighted by Gasteiger charge is -2.16. The molecule has 0 aliphatic rings. The molecule has 0 heterocycles. The third-order valence-electron chi connectivity index (χ3n) is 3.68. The molecule has 2 aromatic carbocycles. The van der Waals surface area contributed by atoms with Gasteiger partial charge in [-0.05, 0) is 30.7 Å². The highest BCUT2D eigenvalue weighted by atomic mass is 19.4. The normalized spacial score (nSPS) is 12.8. The van der Waals surface area contributed by atoms with Crippen LogP contribution in [-0.4, -0.2) is 18.1 Å². The van der Waals surface area contributed by atoms with E-state index < -0.39 is 47.3 Å². The maximum absolute atomic E-state index is 12.8. The van der Waals surface area contributed by atoms with Crippen LogP contribution in [0, 0.1) is 0 Å². The quantitative estimate of drug-likeness (QED) is 0.410. The number of hydrogen-bond acceptors (Lipinski definition) is 4. The van der Waals surface area contributed by atoms with Gasteiger partial charge in [-0.15, -0.1) is 0 Å². The number of carbonyl (C=O) groups excluding carboxylic acids is 2. The van der Waals surface area contributed by atoms with Crippen LogP contribution in [0.3, 0.4) is 0 Å². The minimum Gasteiger partial charge on any atom is -0.445 e. The molecule has 0 fully saturated rings. The maximum Gasteiger partial charge on any atom is 0.416 e. The Morgan fingerprint density at radius 1 is 0.933 bits per heavy atom. The predicted octanol–water partition coefficient (Wildman–Crippen LogP) is 4.94. The standard InChI is InChI=1S/C19H15F6NO4/c1-11(26-17(28)29-10-12-5-3-2-4-6-12)16(27)30-15-8-13(18(20,21)22)7-14(9-15)19(23,24)25/h2-9,11H,10H2,1H3,(H,26,28)/t11-/m1/s1. The molecule has 0 aliphatic heterocycles. The van der Waals surface area contributed by atoms with Crippen molar-refractivity contribution in [3.8, 4) is 5.75 Å². The number of esters is 1. The average molecular weight is 435 g/mol. The minimum absolute atomic E-state index is 0.0973. The van der Waals surface area contributed by atoms with Gasteiger partial charge >= 0.3 is 24.4 Å². The number of amides is 1. The topological polar surface area (TPSA) is 64.6 Å². The van der Waals surface area contributed by atoms with Gasteiger partial charge in [0.2, 0.25) is 0 Å². The van der Waals surface area contributed by atoms with E-state index >= 15 is 0 Å². The third kappa shape index (κ3) is 6.68. The second-order valence-corrected chi connectivity index (χ2v) is 6.09. The highest BCUT2D eigenvalue weighted by molar-refractivity contribution is 5.82. The van der Waals surface area contributed by atoms with Crippen LogP contribution in [0.1, 0.15) is 23.6 Å². The number of halogens is 6. The Morgan fingerprint density at radius 3 is 1.97 bits per heavy atom. The number of alkyl halides is 6. The first-order valence-corrected chi connectivity index (χ1v) is 8.34. The molecule has 1 atom stereocenters. The molecule has 162 valence electrons. The third-order valence-corrected chi connectivity index (χ3v) is 3.68. The van der Waals surface area contributed by atoms with Gasteiger partial charge in [-0.25, -0.2) is 9.59 Å². The van der Waals surface area contributed by atoms with Gasteiger partial charge in [0.05, 0.1) is 11.1 Å². The summed E-state index contributed by atoms with van der Waals surface area (Å²) >= 11 is 0. The molecule has 11 heteroatoms. The van der Waals surface area contributed by atoms with E-state index in [1.807, 2.05) is 0 Å². The van der Waals surface area contributed by atoms with Crippen LogP contribution in [0.5, 0.6) is 5.75 Å². The molecule has 0 spiro atoms. The summed E-state index contributed by atoms with van der Waals surface area (Å²) in [5.41, 5.74) is -2.61. The summed E-state index contributed by atoms with van der Waals surface area (Å²) in [5, 5.41) is 2.08. The smallest absolute Gasteiger partial charge is 0.416 e. The van der Waals surface area contributed by atoms with Crippen molar-refractivity contribution in [2.45, 2.75) is 31.9 Å². The van der Waals surface area contributed by atoms with Crippen molar-refractivity contribution >= 4 is 12.1 Å². The summed E-state index contributed by atoms with van der Waals surface area (Å²) in [6.45, 7) is 1.02. The van der Waals surface area contributed by atoms with E-state index in [-0.39, 0.29) is 24.8 Å². The Bertz CT molecular complexity index is 864. The van der Waals surface area contributed by atoms with Crippen LogP contribution in [-0.2, 0) is 28.5 Å². The molecular formula is C19H15F6NO4. The zero-order valence-corrected chi connectivity index (χ0v) is 15.3.